The fourth-order valence-electron chi connectivity index (χ4n) is 1.90. The first-order chi connectivity index (χ1) is 8.84. The molecule has 0 unspecified atom stereocenters. The molecule has 0 amide bonds. The number of hydrogen-bond acceptors (Lipinski definition) is 3. The van der Waals surface area contributed by atoms with Crippen molar-refractivity contribution in [3.8, 4) is 0 Å². The summed E-state index contributed by atoms with van der Waals surface area (Å²) in [5, 5.41) is 0. The number of hydrogen-bond donors (Lipinski definition) is 1. The molecule has 0 aromatic heterocycles. The number of aryl methyl sites for hydroxylation is 2. The normalized spacial score (nSPS) is 13.5. The molecular formula is C14H23NO3S. The predicted octanol–water partition coefficient (Wildman–Crippen LogP) is 1.80. The van der Waals surface area contributed by atoms with Gasteiger partial charge in [-0.25, -0.2) is 13.1 Å². The molecule has 1 atom stereocenters. The van der Waals surface area contributed by atoms with Gasteiger partial charge in [0.1, 0.15) is 0 Å². The molecule has 0 spiro atoms. The van der Waals surface area contributed by atoms with Gasteiger partial charge in [0.15, 0.2) is 0 Å². The highest BCUT2D eigenvalue weighted by Gasteiger charge is 2.14. The molecule has 1 aromatic carbocycles. The van der Waals surface area contributed by atoms with Crippen molar-refractivity contribution in [3.63, 3.8) is 0 Å². The Morgan fingerprint density at radius 3 is 2.58 bits per heavy atom. The molecule has 0 radical (unpaired) electrons. The Kier molecular flexibility index (Phi) is 5.97. The third kappa shape index (κ3) is 5.72. The van der Waals surface area contributed by atoms with Gasteiger partial charge in [-0.3, -0.25) is 0 Å². The van der Waals surface area contributed by atoms with Crippen molar-refractivity contribution in [1.82, 2.24) is 4.72 Å². The second-order valence-corrected chi connectivity index (χ2v) is 6.75. The molecule has 0 aliphatic rings. The van der Waals surface area contributed by atoms with Gasteiger partial charge in [-0.2, -0.15) is 0 Å². The third-order valence-corrected chi connectivity index (χ3v) is 4.62. The highest BCUT2D eigenvalue weighted by molar-refractivity contribution is 7.89. The minimum Gasteiger partial charge on any atom is -0.381 e. The Hall–Kier alpha value is -0.910. The van der Waals surface area contributed by atoms with E-state index in [1.165, 1.54) is 23.8 Å². The van der Waals surface area contributed by atoms with Crippen molar-refractivity contribution in [2.45, 2.75) is 33.3 Å². The average molecular weight is 285 g/mol. The van der Waals surface area contributed by atoms with Crippen LogP contribution in [0.15, 0.2) is 18.2 Å². The number of ether oxygens (including phenoxy) is 1. The van der Waals surface area contributed by atoms with Crippen LogP contribution in [0.1, 0.15) is 23.6 Å². The Bertz CT molecular complexity index is 511. The van der Waals surface area contributed by atoms with Crippen molar-refractivity contribution in [2.75, 3.05) is 19.4 Å². The van der Waals surface area contributed by atoms with Gasteiger partial charge in [-0.15, -0.1) is 0 Å². The second kappa shape index (κ2) is 7.03. The minimum absolute atomic E-state index is 0.00359. The van der Waals surface area contributed by atoms with E-state index in [-0.39, 0.29) is 11.9 Å². The maximum absolute atomic E-state index is 11.7. The zero-order chi connectivity index (χ0) is 14.5. The fraction of sp³-hybridized carbons (Fsp3) is 0.571. The van der Waals surface area contributed by atoms with E-state index >= 15 is 0 Å². The lowest BCUT2D eigenvalue weighted by Crippen LogP contribution is -2.33. The average Bonchev–Trinajstić information content (AvgIpc) is 2.31. The Balaban J connectivity index is 2.50. The lowest BCUT2D eigenvalue weighted by molar-refractivity contribution is 0.136. The second-order valence-electron chi connectivity index (χ2n) is 4.90. The molecule has 1 aromatic rings. The SMILES string of the molecule is CO[C@H](C)CS(=O)(=O)NCCc1ccc(C)cc1C. The largest absolute Gasteiger partial charge is 0.381 e. The summed E-state index contributed by atoms with van der Waals surface area (Å²) < 4.78 is 31.0. The van der Waals surface area contributed by atoms with Crippen molar-refractivity contribution in [3.05, 3.63) is 34.9 Å². The molecule has 0 bridgehead atoms. The molecule has 108 valence electrons. The number of methoxy groups -OCH3 is 1. The zero-order valence-corrected chi connectivity index (χ0v) is 12.9. The molecule has 5 heteroatoms. The lowest BCUT2D eigenvalue weighted by Gasteiger charge is -2.12. The van der Waals surface area contributed by atoms with Crippen LogP contribution in [0, 0.1) is 13.8 Å². The Morgan fingerprint density at radius 2 is 2.00 bits per heavy atom. The molecule has 0 fully saturated rings. The molecule has 0 saturated carbocycles. The molecular weight excluding hydrogens is 262 g/mol. The number of rotatable bonds is 7. The van der Waals surface area contributed by atoms with Gasteiger partial charge in [0.05, 0.1) is 11.9 Å². The molecule has 4 nitrogen and oxygen atoms in total. The van der Waals surface area contributed by atoms with E-state index in [1.807, 2.05) is 19.9 Å². The van der Waals surface area contributed by atoms with Crippen molar-refractivity contribution < 1.29 is 13.2 Å². The Labute approximate surface area is 116 Å². The first-order valence-electron chi connectivity index (χ1n) is 6.40. The van der Waals surface area contributed by atoms with E-state index in [4.69, 9.17) is 4.74 Å². The number of benzene rings is 1. The monoisotopic (exact) mass is 285 g/mol. The lowest BCUT2D eigenvalue weighted by atomic mass is 10.0. The summed E-state index contributed by atoms with van der Waals surface area (Å²) in [5.41, 5.74) is 3.59. The van der Waals surface area contributed by atoms with E-state index in [2.05, 4.69) is 16.9 Å². The van der Waals surface area contributed by atoms with Crippen LogP contribution in [0.2, 0.25) is 0 Å². The Morgan fingerprint density at radius 1 is 1.32 bits per heavy atom. The van der Waals surface area contributed by atoms with Crippen LogP contribution in [-0.2, 0) is 21.2 Å². The summed E-state index contributed by atoms with van der Waals surface area (Å²) in [7, 11) is -1.75. The van der Waals surface area contributed by atoms with Gasteiger partial charge < -0.3 is 4.74 Å². The van der Waals surface area contributed by atoms with E-state index in [0.29, 0.717) is 13.0 Å². The first-order valence-corrected chi connectivity index (χ1v) is 8.05. The minimum atomic E-state index is -3.26. The summed E-state index contributed by atoms with van der Waals surface area (Å²) in [5.74, 6) is -0.00359. The molecule has 0 aliphatic carbocycles. The van der Waals surface area contributed by atoms with E-state index in [9.17, 15) is 8.42 Å². The molecule has 0 aliphatic heterocycles. The quantitative estimate of drug-likeness (QED) is 0.831. The van der Waals surface area contributed by atoms with Gasteiger partial charge in [0.25, 0.3) is 0 Å². The predicted molar refractivity (Wildman–Crippen MR) is 77.9 cm³/mol. The maximum Gasteiger partial charge on any atom is 0.214 e. The van der Waals surface area contributed by atoms with Crippen LogP contribution in [0.5, 0.6) is 0 Å². The zero-order valence-electron chi connectivity index (χ0n) is 12.1. The van der Waals surface area contributed by atoms with Gasteiger partial charge in [-0.1, -0.05) is 23.8 Å². The van der Waals surface area contributed by atoms with Crippen LogP contribution in [0.25, 0.3) is 0 Å². The molecule has 0 saturated heterocycles. The maximum atomic E-state index is 11.7. The molecule has 1 rings (SSSR count). The summed E-state index contributed by atoms with van der Waals surface area (Å²) in [6.07, 6.45) is 0.408. The van der Waals surface area contributed by atoms with Crippen molar-refractivity contribution in [2.24, 2.45) is 0 Å². The summed E-state index contributed by atoms with van der Waals surface area (Å²) in [6, 6.07) is 6.21. The molecule has 0 heterocycles. The van der Waals surface area contributed by atoms with Crippen LogP contribution in [0.3, 0.4) is 0 Å². The standard InChI is InChI=1S/C14H23NO3S/c1-11-5-6-14(12(2)9-11)7-8-15-19(16,17)10-13(3)18-4/h5-6,9,13,15H,7-8,10H2,1-4H3/t13-/m1/s1. The number of sulfonamides is 1. The van der Waals surface area contributed by atoms with Gasteiger partial charge >= 0.3 is 0 Å². The first kappa shape index (κ1) is 16.1. The van der Waals surface area contributed by atoms with Gasteiger partial charge in [-0.05, 0) is 38.3 Å². The third-order valence-electron chi connectivity index (χ3n) is 3.07. The van der Waals surface area contributed by atoms with E-state index in [1.54, 1.807) is 6.92 Å². The van der Waals surface area contributed by atoms with Crippen LogP contribution in [0.4, 0.5) is 0 Å². The van der Waals surface area contributed by atoms with Crippen molar-refractivity contribution in [1.29, 1.82) is 0 Å². The molecule has 19 heavy (non-hydrogen) atoms. The smallest absolute Gasteiger partial charge is 0.214 e. The topological polar surface area (TPSA) is 55.4 Å². The van der Waals surface area contributed by atoms with Crippen LogP contribution >= 0.6 is 0 Å². The highest BCUT2D eigenvalue weighted by atomic mass is 32.2. The van der Waals surface area contributed by atoms with Crippen LogP contribution in [-0.4, -0.2) is 33.9 Å². The summed E-state index contributed by atoms with van der Waals surface area (Å²) in [6.45, 7) is 6.25. The summed E-state index contributed by atoms with van der Waals surface area (Å²) >= 11 is 0. The van der Waals surface area contributed by atoms with E-state index in [0.717, 1.165) is 0 Å². The van der Waals surface area contributed by atoms with Crippen molar-refractivity contribution >= 4 is 10.0 Å². The highest BCUT2D eigenvalue weighted by Crippen LogP contribution is 2.10. The van der Waals surface area contributed by atoms with Gasteiger partial charge in [0, 0.05) is 13.7 Å². The van der Waals surface area contributed by atoms with E-state index < -0.39 is 10.0 Å². The summed E-state index contributed by atoms with van der Waals surface area (Å²) in [4.78, 5) is 0. The number of nitrogens with one attached hydrogen (secondary N) is 1. The molecule has 1 N–H and O–H groups in total. The fourth-order valence-corrected chi connectivity index (χ4v) is 3.19. The van der Waals surface area contributed by atoms with Crippen LogP contribution < -0.4 is 4.72 Å². The van der Waals surface area contributed by atoms with Gasteiger partial charge in [0.2, 0.25) is 10.0 Å².